The number of nitrogens with one attached hydrogen (secondary N) is 1. The summed E-state index contributed by atoms with van der Waals surface area (Å²) in [6, 6.07) is 12.6. The van der Waals surface area contributed by atoms with Crippen LogP contribution in [0.5, 0.6) is 5.75 Å². The molecule has 6 nitrogen and oxygen atoms in total. The second-order valence-corrected chi connectivity index (χ2v) is 4.96. The highest BCUT2D eigenvalue weighted by Crippen LogP contribution is 2.20. The fourth-order valence-corrected chi connectivity index (χ4v) is 1.94. The molecule has 0 aliphatic carbocycles. The van der Waals surface area contributed by atoms with Gasteiger partial charge in [-0.3, -0.25) is 9.59 Å². The highest BCUT2D eigenvalue weighted by atomic mass is 35.5. The predicted octanol–water partition coefficient (Wildman–Crippen LogP) is 2.33. The Balaban J connectivity index is 1.97. The Kier molecular flexibility index (Phi) is 5.18. The van der Waals surface area contributed by atoms with Gasteiger partial charge in [-0.15, -0.1) is 0 Å². The Morgan fingerprint density at radius 2 is 1.91 bits per heavy atom. The molecule has 2 aromatic rings. The van der Waals surface area contributed by atoms with Crippen LogP contribution in [0.25, 0.3) is 0 Å². The minimum atomic E-state index is -0.542. The zero-order valence-corrected chi connectivity index (χ0v) is 12.6. The summed E-state index contributed by atoms with van der Waals surface area (Å²) in [5.41, 5.74) is 6.09. The number of nitrogens with zero attached hydrogens (tertiary/aromatic N) is 1. The summed E-state index contributed by atoms with van der Waals surface area (Å²) in [6.07, 6.45) is 0. The summed E-state index contributed by atoms with van der Waals surface area (Å²) in [7, 11) is 0. The Morgan fingerprint density at radius 3 is 2.52 bits per heavy atom. The van der Waals surface area contributed by atoms with E-state index >= 15 is 0 Å². The van der Waals surface area contributed by atoms with E-state index in [-0.39, 0.29) is 6.61 Å². The van der Waals surface area contributed by atoms with Crippen molar-refractivity contribution in [1.29, 1.82) is 5.26 Å². The van der Waals surface area contributed by atoms with Crippen LogP contribution in [0.1, 0.15) is 15.9 Å². The molecular weight excluding hydrogens is 318 g/mol. The van der Waals surface area contributed by atoms with E-state index in [1.807, 2.05) is 6.07 Å². The smallest absolute Gasteiger partial charge is 0.262 e. The molecule has 0 saturated carbocycles. The van der Waals surface area contributed by atoms with Gasteiger partial charge in [0.2, 0.25) is 5.91 Å². The third kappa shape index (κ3) is 4.46. The van der Waals surface area contributed by atoms with E-state index < -0.39 is 11.8 Å². The molecule has 0 spiro atoms. The zero-order chi connectivity index (χ0) is 16.8. The van der Waals surface area contributed by atoms with Gasteiger partial charge >= 0.3 is 0 Å². The maximum absolute atomic E-state index is 11.9. The molecule has 0 radical (unpaired) electrons. The van der Waals surface area contributed by atoms with Gasteiger partial charge in [0, 0.05) is 10.6 Å². The Morgan fingerprint density at radius 1 is 1.22 bits per heavy atom. The first-order valence-electron chi connectivity index (χ1n) is 6.52. The number of anilines is 1. The summed E-state index contributed by atoms with van der Waals surface area (Å²) in [4.78, 5) is 22.8. The van der Waals surface area contributed by atoms with E-state index in [2.05, 4.69) is 5.32 Å². The Hall–Kier alpha value is -3.04. The van der Waals surface area contributed by atoms with Crippen LogP contribution in [0, 0.1) is 11.3 Å². The number of primary amides is 1. The third-order valence-corrected chi connectivity index (χ3v) is 3.12. The topological polar surface area (TPSA) is 105 Å². The van der Waals surface area contributed by atoms with Crippen LogP contribution in [-0.4, -0.2) is 18.4 Å². The van der Waals surface area contributed by atoms with Gasteiger partial charge in [-0.05, 0) is 42.5 Å². The lowest BCUT2D eigenvalue weighted by Gasteiger charge is -2.09. The molecule has 0 unspecified atom stereocenters. The minimum Gasteiger partial charge on any atom is -0.484 e. The first-order chi connectivity index (χ1) is 11.0. The fraction of sp³-hybridized carbons (Fsp3) is 0.0625. The van der Waals surface area contributed by atoms with Gasteiger partial charge in [0.05, 0.1) is 11.3 Å². The molecule has 0 aliphatic heterocycles. The Labute approximate surface area is 137 Å². The molecule has 116 valence electrons. The number of rotatable bonds is 5. The number of halogens is 1. The largest absolute Gasteiger partial charge is 0.484 e. The van der Waals surface area contributed by atoms with Crippen molar-refractivity contribution >= 4 is 29.1 Å². The number of hydrogen-bond acceptors (Lipinski definition) is 4. The van der Waals surface area contributed by atoms with E-state index in [9.17, 15) is 9.59 Å². The van der Waals surface area contributed by atoms with E-state index in [1.54, 1.807) is 6.07 Å². The number of nitriles is 1. The van der Waals surface area contributed by atoms with Crippen LogP contribution in [0.3, 0.4) is 0 Å². The highest BCUT2D eigenvalue weighted by Gasteiger charge is 2.09. The van der Waals surface area contributed by atoms with E-state index in [0.29, 0.717) is 27.6 Å². The van der Waals surface area contributed by atoms with Crippen LogP contribution < -0.4 is 15.8 Å². The van der Waals surface area contributed by atoms with E-state index in [4.69, 9.17) is 27.3 Å². The summed E-state index contributed by atoms with van der Waals surface area (Å²) >= 11 is 5.84. The van der Waals surface area contributed by atoms with Gasteiger partial charge in [-0.25, -0.2) is 0 Å². The quantitative estimate of drug-likeness (QED) is 0.878. The second kappa shape index (κ2) is 7.29. The molecule has 7 heteroatoms. The van der Waals surface area contributed by atoms with E-state index in [1.165, 1.54) is 36.4 Å². The molecule has 23 heavy (non-hydrogen) atoms. The van der Waals surface area contributed by atoms with E-state index in [0.717, 1.165) is 0 Å². The summed E-state index contributed by atoms with van der Waals surface area (Å²) in [5.74, 6) is -0.571. The van der Waals surface area contributed by atoms with Crippen LogP contribution in [-0.2, 0) is 4.79 Å². The highest BCUT2D eigenvalue weighted by molar-refractivity contribution is 6.31. The van der Waals surface area contributed by atoms with Crippen molar-refractivity contribution < 1.29 is 14.3 Å². The summed E-state index contributed by atoms with van der Waals surface area (Å²) in [5, 5.41) is 11.9. The van der Waals surface area contributed by atoms with Crippen molar-refractivity contribution in [2.75, 3.05) is 11.9 Å². The number of carbonyl (C=O) groups excluding carboxylic acids is 2. The zero-order valence-electron chi connectivity index (χ0n) is 11.9. The van der Waals surface area contributed by atoms with Gasteiger partial charge in [0.15, 0.2) is 6.61 Å². The molecule has 0 atom stereocenters. The lowest BCUT2D eigenvalue weighted by molar-refractivity contribution is -0.118. The normalized spacial score (nSPS) is 9.74. The third-order valence-electron chi connectivity index (χ3n) is 2.88. The molecule has 0 bridgehead atoms. The molecule has 3 N–H and O–H groups in total. The molecule has 2 amide bonds. The number of nitrogens with two attached hydrogens (primary N) is 1. The monoisotopic (exact) mass is 329 g/mol. The fourth-order valence-electron chi connectivity index (χ4n) is 1.77. The van der Waals surface area contributed by atoms with Crippen LogP contribution in [0.15, 0.2) is 42.5 Å². The van der Waals surface area contributed by atoms with Crippen molar-refractivity contribution in [1.82, 2.24) is 0 Å². The molecule has 0 saturated heterocycles. The van der Waals surface area contributed by atoms with Gasteiger partial charge < -0.3 is 15.8 Å². The average Bonchev–Trinajstić information content (AvgIpc) is 2.53. The molecule has 2 rings (SSSR count). The van der Waals surface area contributed by atoms with Gasteiger partial charge in [0.1, 0.15) is 11.8 Å². The predicted molar refractivity (Wildman–Crippen MR) is 85.3 cm³/mol. The number of carbonyl (C=O) groups is 2. The maximum atomic E-state index is 11.9. The van der Waals surface area contributed by atoms with Gasteiger partial charge in [0.25, 0.3) is 5.91 Å². The van der Waals surface area contributed by atoms with Crippen LogP contribution in [0.2, 0.25) is 5.02 Å². The van der Waals surface area contributed by atoms with Crippen molar-refractivity contribution in [3.8, 4) is 11.8 Å². The minimum absolute atomic E-state index is 0.257. The SMILES string of the molecule is N#Cc1ccc(Cl)cc1NC(=O)COc1ccc(C(N)=O)cc1. The van der Waals surface area contributed by atoms with Crippen LogP contribution >= 0.6 is 11.6 Å². The summed E-state index contributed by atoms with van der Waals surface area (Å²) < 4.78 is 5.30. The van der Waals surface area contributed by atoms with Crippen molar-refractivity contribution in [3.63, 3.8) is 0 Å². The number of hydrogen-bond donors (Lipinski definition) is 2. The molecule has 0 heterocycles. The first kappa shape index (κ1) is 16.3. The number of benzene rings is 2. The van der Waals surface area contributed by atoms with Crippen molar-refractivity contribution in [2.45, 2.75) is 0 Å². The molecule has 2 aromatic carbocycles. The lowest BCUT2D eigenvalue weighted by Crippen LogP contribution is -2.20. The second-order valence-electron chi connectivity index (χ2n) is 4.53. The molecule has 0 aliphatic rings. The van der Waals surface area contributed by atoms with Gasteiger partial charge in [-0.2, -0.15) is 5.26 Å². The van der Waals surface area contributed by atoms with Crippen LogP contribution in [0.4, 0.5) is 5.69 Å². The number of amides is 2. The number of ether oxygens (including phenoxy) is 1. The molecular formula is C16H12ClN3O3. The molecule has 0 aromatic heterocycles. The average molecular weight is 330 g/mol. The maximum Gasteiger partial charge on any atom is 0.262 e. The molecule has 0 fully saturated rings. The van der Waals surface area contributed by atoms with Gasteiger partial charge in [-0.1, -0.05) is 11.6 Å². The van der Waals surface area contributed by atoms with Crippen molar-refractivity contribution in [3.05, 3.63) is 58.6 Å². The standard InChI is InChI=1S/C16H12ClN3O3/c17-12-4-1-11(8-18)14(7-12)20-15(21)9-23-13-5-2-10(3-6-13)16(19)22/h1-7H,9H2,(H2,19,22)(H,20,21). The first-order valence-corrected chi connectivity index (χ1v) is 6.89. The lowest BCUT2D eigenvalue weighted by atomic mass is 10.2. The summed E-state index contributed by atoms with van der Waals surface area (Å²) in [6.45, 7) is -0.257. The van der Waals surface area contributed by atoms with Crippen molar-refractivity contribution in [2.24, 2.45) is 5.73 Å². The Bertz CT molecular complexity index is 782.